The molecule has 2 aliphatic rings. The van der Waals surface area contributed by atoms with Gasteiger partial charge in [0.15, 0.2) is 0 Å². The number of esters is 1. The Bertz CT molecular complexity index is 604. The minimum atomic E-state index is -0.187. The first-order valence-corrected chi connectivity index (χ1v) is 13.0. The minimum Gasteiger partial charge on any atom is -0.462 e. The highest BCUT2D eigenvalue weighted by Crippen LogP contribution is 2.44. The molecule has 2 aliphatic carbocycles. The molecule has 0 amide bonds. The third-order valence-electron chi connectivity index (χ3n) is 7.85. The first-order valence-electron chi connectivity index (χ1n) is 13.0. The van der Waals surface area contributed by atoms with E-state index in [2.05, 4.69) is 19.1 Å². The zero-order valence-corrected chi connectivity index (χ0v) is 19.5. The van der Waals surface area contributed by atoms with E-state index in [9.17, 15) is 4.79 Å². The monoisotopic (exact) mass is 412 g/mol. The molecule has 168 valence electrons. The van der Waals surface area contributed by atoms with Crippen LogP contribution in [-0.4, -0.2) is 12.6 Å². The summed E-state index contributed by atoms with van der Waals surface area (Å²) in [5.41, 5.74) is 2.10. The van der Waals surface area contributed by atoms with Crippen LogP contribution >= 0.6 is 0 Å². The fourth-order valence-corrected chi connectivity index (χ4v) is 5.90. The van der Waals surface area contributed by atoms with Crippen molar-refractivity contribution in [2.24, 2.45) is 17.8 Å². The molecule has 0 radical (unpaired) electrons. The predicted octanol–water partition coefficient (Wildman–Crippen LogP) is 8.30. The highest BCUT2D eigenvalue weighted by molar-refractivity contribution is 5.89. The van der Waals surface area contributed by atoms with Gasteiger partial charge in [0, 0.05) is 0 Å². The highest BCUT2D eigenvalue weighted by atomic mass is 16.5. The Hall–Kier alpha value is -1.31. The lowest BCUT2D eigenvalue weighted by Gasteiger charge is -2.38. The molecule has 0 atom stereocenters. The van der Waals surface area contributed by atoms with Crippen molar-refractivity contribution in [2.45, 2.75) is 110 Å². The fraction of sp³-hybridized carbons (Fsp3) is 0.750. The third kappa shape index (κ3) is 6.86. The summed E-state index contributed by atoms with van der Waals surface area (Å²) in [6, 6.07) is 8.25. The Morgan fingerprint density at radius 2 is 1.43 bits per heavy atom. The molecule has 3 rings (SSSR count). The number of ether oxygens (including phenoxy) is 1. The first kappa shape index (κ1) is 23.4. The molecular formula is C28H44O2. The van der Waals surface area contributed by atoms with E-state index in [1.165, 1.54) is 89.0 Å². The maximum absolute atomic E-state index is 12.0. The quantitative estimate of drug-likeness (QED) is 0.285. The number of carbonyl (C=O) groups is 1. The lowest BCUT2D eigenvalue weighted by Crippen LogP contribution is -2.25. The minimum absolute atomic E-state index is 0.187. The summed E-state index contributed by atoms with van der Waals surface area (Å²) in [7, 11) is 0. The van der Waals surface area contributed by atoms with E-state index in [1.54, 1.807) is 0 Å². The summed E-state index contributed by atoms with van der Waals surface area (Å²) in [5.74, 6) is 3.47. The second-order valence-corrected chi connectivity index (χ2v) is 10.00. The number of hydrogen-bond acceptors (Lipinski definition) is 2. The summed E-state index contributed by atoms with van der Waals surface area (Å²) in [5, 5.41) is 0. The Labute approximate surface area is 185 Å². The summed E-state index contributed by atoms with van der Waals surface area (Å²) < 4.78 is 5.24. The molecule has 0 spiro atoms. The van der Waals surface area contributed by atoms with Crippen molar-refractivity contribution < 1.29 is 9.53 Å². The van der Waals surface area contributed by atoms with Gasteiger partial charge in [0.05, 0.1) is 12.2 Å². The van der Waals surface area contributed by atoms with Crippen molar-refractivity contribution in [1.82, 2.24) is 0 Å². The topological polar surface area (TPSA) is 26.3 Å². The van der Waals surface area contributed by atoms with E-state index in [0.717, 1.165) is 24.2 Å². The Kier molecular flexibility index (Phi) is 9.75. The van der Waals surface area contributed by atoms with Crippen molar-refractivity contribution in [2.75, 3.05) is 6.61 Å². The predicted molar refractivity (Wildman–Crippen MR) is 126 cm³/mol. The Morgan fingerprint density at radius 3 is 2.03 bits per heavy atom. The summed E-state index contributed by atoms with van der Waals surface area (Å²) in [4.78, 5) is 12.0. The van der Waals surface area contributed by atoms with E-state index < -0.39 is 0 Å². The normalized spacial score (nSPS) is 27.0. The summed E-state index contributed by atoms with van der Waals surface area (Å²) >= 11 is 0. The van der Waals surface area contributed by atoms with Crippen LogP contribution in [0.3, 0.4) is 0 Å². The molecule has 0 bridgehead atoms. The second kappa shape index (κ2) is 12.5. The molecule has 2 heteroatoms. The average molecular weight is 413 g/mol. The van der Waals surface area contributed by atoms with E-state index in [-0.39, 0.29) is 5.97 Å². The SMILES string of the molecule is CCCCCC[C@H]1CC[C@H]([C@H]2CC[C@H](c3ccc(C(=O)OCCC)cc3)CC2)CC1. The average Bonchev–Trinajstić information content (AvgIpc) is 2.81. The molecule has 1 aromatic rings. The van der Waals surface area contributed by atoms with Crippen molar-refractivity contribution in [1.29, 1.82) is 0 Å². The lowest BCUT2D eigenvalue weighted by atomic mass is 9.68. The highest BCUT2D eigenvalue weighted by Gasteiger charge is 2.31. The summed E-state index contributed by atoms with van der Waals surface area (Å²) in [6.45, 7) is 4.83. The second-order valence-electron chi connectivity index (χ2n) is 10.00. The van der Waals surface area contributed by atoms with Gasteiger partial charge in [-0.1, -0.05) is 70.9 Å². The van der Waals surface area contributed by atoms with Gasteiger partial charge in [-0.3, -0.25) is 0 Å². The zero-order valence-electron chi connectivity index (χ0n) is 19.5. The van der Waals surface area contributed by atoms with Gasteiger partial charge in [-0.05, 0) is 86.3 Å². The largest absolute Gasteiger partial charge is 0.462 e. The maximum atomic E-state index is 12.0. The van der Waals surface area contributed by atoms with Crippen LogP contribution in [0, 0.1) is 17.8 Å². The standard InChI is InChI=1S/C28H44O2/c1-3-5-6-7-8-22-9-11-23(12-10-22)24-13-15-25(16-14-24)26-17-19-27(20-18-26)28(29)30-21-4-2/h17-20,22-25H,3-16,21H2,1-2H3/t22-,23-,24-,25-. The first-order chi connectivity index (χ1) is 14.7. The van der Waals surface area contributed by atoms with Gasteiger partial charge in [0.2, 0.25) is 0 Å². The van der Waals surface area contributed by atoms with Crippen LogP contribution < -0.4 is 0 Å². The molecule has 0 saturated heterocycles. The van der Waals surface area contributed by atoms with E-state index in [1.807, 2.05) is 19.1 Å². The molecule has 0 aromatic heterocycles. The smallest absolute Gasteiger partial charge is 0.338 e. The van der Waals surface area contributed by atoms with Crippen molar-refractivity contribution in [3.05, 3.63) is 35.4 Å². The molecule has 0 unspecified atom stereocenters. The van der Waals surface area contributed by atoms with Gasteiger partial charge >= 0.3 is 5.97 Å². The van der Waals surface area contributed by atoms with Gasteiger partial charge in [-0.2, -0.15) is 0 Å². The van der Waals surface area contributed by atoms with Crippen molar-refractivity contribution >= 4 is 5.97 Å². The summed E-state index contributed by atoms with van der Waals surface area (Å²) in [6.07, 6.45) is 19.4. The molecule has 2 fully saturated rings. The number of carbonyl (C=O) groups excluding carboxylic acids is 1. The molecule has 1 aromatic carbocycles. The van der Waals surface area contributed by atoms with E-state index in [0.29, 0.717) is 18.1 Å². The molecule has 0 N–H and O–H groups in total. The third-order valence-corrected chi connectivity index (χ3v) is 7.85. The lowest BCUT2D eigenvalue weighted by molar-refractivity contribution is 0.0505. The van der Waals surface area contributed by atoms with Gasteiger partial charge in [0.1, 0.15) is 0 Å². The van der Waals surface area contributed by atoms with Crippen LogP contribution in [0.4, 0.5) is 0 Å². The Balaban J connectivity index is 1.38. The molecule has 2 saturated carbocycles. The number of hydrogen-bond donors (Lipinski definition) is 0. The van der Waals surface area contributed by atoms with Crippen LogP contribution in [-0.2, 0) is 4.74 Å². The van der Waals surface area contributed by atoms with Crippen LogP contribution in [0.2, 0.25) is 0 Å². The molecule has 0 aliphatic heterocycles. The molecule has 2 nitrogen and oxygen atoms in total. The zero-order chi connectivity index (χ0) is 21.2. The van der Waals surface area contributed by atoms with Gasteiger partial charge in [-0.25, -0.2) is 4.79 Å². The van der Waals surface area contributed by atoms with Crippen molar-refractivity contribution in [3.63, 3.8) is 0 Å². The van der Waals surface area contributed by atoms with Crippen LogP contribution in [0.5, 0.6) is 0 Å². The van der Waals surface area contributed by atoms with E-state index >= 15 is 0 Å². The fourth-order valence-electron chi connectivity index (χ4n) is 5.90. The van der Waals surface area contributed by atoms with Crippen LogP contribution in [0.25, 0.3) is 0 Å². The van der Waals surface area contributed by atoms with E-state index in [4.69, 9.17) is 4.74 Å². The molecule has 0 heterocycles. The van der Waals surface area contributed by atoms with Gasteiger partial charge in [0.25, 0.3) is 0 Å². The molecule has 30 heavy (non-hydrogen) atoms. The molecular weight excluding hydrogens is 368 g/mol. The van der Waals surface area contributed by atoms with Gasteiger partial charge < -0.3 is 4.74 Å². The number of benzene rings is 1. The number of unbranched alkanes of at least 4 members (excludes halogenated alkanes) is 3. The van der Waals surface area contributed by atoms with Gasteiger partial charge in [-0.15, -0.1) is 0 Å². The van der Waals surface area contributed by atoms with Crippen LogP contribution in [0.15, 0.2) is 24.3 Å². The number of rotatable bonds is 10. The Morgan fingerprint density at radius 1 is 0.800 bits per heavy atom. The maximum Gasteiger partial charge on any atom is 0.338 e. The van der Waals surface area contributed by atoms with Crippen molar-refractivity contribution in [3.8, 4) is 0 Å². The van der Waals surface area contributed by atoms with Crippen LogP contribution in [0.1, 0.15) is 126 Å².